The zero-order valence-corrected chi connectivity index (χ0v) is 17.3. The van der Waals surface area contributed by atoms with Crippen molar-refractivity contribution in [1.29, 1.82) is 0 Å². The summed E-state index contributed by atoms with van der Waals surface area (Å²) < 4.78 is 16.4. The standard InChI is InChI=1S/C22H26N4O4/c1-3-6-20-25-22(30-26-20)9-4-8-21(27)24-17-10-11-18(28-2)19(13-17)29-15-16-7-5-12-23-14-16/h5,7,10-14H,3-4,6,8-9,15H2,1-2H3,(H,24,27). The second kappa shape index (κ2) is 10.9. The van der Waals surface area contributed by atoms with Crippen LogP contribution in [0.15, 0.2) is 47.2 Å². The van der Waals surface area contributed by atoms with E-state index in [2.05, 4.69) is 27.4 Å². The van der Waals surface area contributed by atoms with Gasteiger partial charge in [-0.15, -0.1) is 0 Å². The molecule has 1 aromatic carbocycles. The first kappa shape index (κ1) is 21.3. The number of ether oxygens (including phenoxy) is 2. The molecular formula is C22H26N4O4. The third-order valence-corrected chi connectivity index (χ3v) is 4.34. The number of pyridine rings is 1. The molecule has 8 nitrogen and oxygen atoms in total. The van der Waals surface area contributed by atoms with E-state index in [-0.39, 0.29) is 5.91 Å². The maximum absolute atomic E-state index is 12.3. The molecule has 0 unspecified atom stereocenters. The van der Waals surface area contributed by atoms with Crippen molar-refractivity contribution >= 4 is 11.6 Å². The molecular weight excluding hydrogens is 384 g/mol. The highest BCUT2D eigenvalue weighted by Gasteiger charge is 2.10. The number of aryl methyl sites for hydroxylation is 2. The summed E-state index contributed by atoms with van der Waals surface area (Å²) in [5.41, 5.74) is 1.59. The Hall–Kier alpha value is -3.42. The van der Waals surface area contributed by atoms with Crippen LogP contribution < -0.4 is 14.8 Å². The molecule has 30 heavy (non-hydrogen) atoms. The summed E-state index contributed by atoms with van der Waals surface area (Å²) in [7, 11) is 1.58. The van der Waals surface area contributed by atoms with Crippen LogP contribution in [0.1, 0.15) is 43.5 Å². The Morgan fingerprint density at radius 1 is 1.20 bits per heavy atom. The predicted molar refractivity (Wildman–Crippen MR) is 111 cm³/mol. The number of hydrogen-bond donors (Lipinski definition) is 1. The number of anilines is 1. The molecule has 1 N–H and O–H groups in total. The molecule has 2 heterocycles. The smallest absolute Gasteiger partial charge is 0.226 e. The van der Waals surface area contributed by atoms with Gasteiger partial charge in [0.2, 0.25) is 11.8 Å². The van der Waals surface area contributed by atoms with Gasteiger partial charge >= 0.3 is 0 Å². The van der Waals surface area contributed by atoms with Crippen LogP contribution in [0.3, 0.4) is 0 Å². The Kier molecular flexibility index (Phi) is 7.77. The van der Waals surface area contributed by atoms with Crippen LogP contribution in [0.2, 0.25) is 0 Å². The number of aromatic nitrogens is 3. The number of hydrogen-bond acceptors (Lipinski definition) is 7. The van der Waals surface area contributed by atoms with Crippen molar-refractivity contribution < 1.29 is 18.8 Å². The van der Waals surface area contributed by atoms with E-state index >= 15 is 0 Å². The van der Waals surface area contributed by atoms with Crippen molar-refractivity contribution in [3.8, 4) is 11.5 Å². The van der Waals surface area contributed by atoms with Crippen molar-refractivity contribution in [1.82, 2.24) is 15.1 Å². The number of nitrogens with one attached hydrogen (secondary N) is 1. The average molecular weight is 410 g/mol. The number of nitrogens with zero attached hydrogens (tertiary/aromatic N) is 3. The lowest BCUT2D eigenvalue weighted by molar-refractivity contribution is -0.116. The number of methoxy groups -OCH3 is 1. The topological polar surface area (TPSA) is 99.4 Å². The number of benzene rings is 1. The Labute approximate surface area is 175 Å². The van der Waals surface area contributed by atoms with Gasteiger partial charge in [0.05, 0.1) is 7.11 Å². The van der Waals surface area contributed by atoms with Gasteiger partial charge in [-0.3, -0.25) is 9.78 Å². The number of carbonyl (C=O) groups excluding carboxylic acids is 1. The third-order valence-electron chi connectivity index (χ3n) is 4.34. The Bertz CT molecular complexity index is 943. The number of carbonyl (C=O) groups is 1. The summed E-state index contributed by atoms with van der Waals surface area (Å²) >= 11 is 0. The average Bonchev–Trinajstić information content (AvgIpc) is 3.21. The number of rotatable bonds is 11. The molecule has 3 aromatic rings. The van der Waals surface area contributed by atoms with E-state index in [0.29, 0.717) is 54.8 Å². The molecule has 3 rings (SSSR count). The minimum atomic E-state index is -0.0910. The summed E-state index contributed by atoms with van der Waals surface area (Å²) in [6.45, 7) is 2.42. The van der Waals surface area contributed by atoms with E-state index in [4.69, 9.17) is 14.0 Å². The lowest BCUT2D eigenvalue weighted by Gasteiger charge is -2.13. The predicted octanol–water partition coefficient (Wildman–Crippen LogP) is 3.97. The summed E-state index contributed by atoms with van der Waals surface area (Å²) in [5.74, 6) is 2.34. The molecule has 0 spiro atoms. The van der Waals surface area contributed by atoms with E-state index in [1.807, 2.05) is 12.1 Å². The van der Waals surface area contributed by atoms with Gasteiger partial charge in [-0.2, -0.15) is 4.98 Å². The normalized spacial score (nSPS) is 10.6. The van der Waals surface area contributed by atoms with Crippen molar-refractivity contribution in [2.24, 2.45) is 0 Å². The molecule has 158 valence electrons. The molecule has 0 radical (unpaired) electrons. The molecule has 8 heteroatoms. The third kappa shape index (κ3) is 6.30. The highest BCUT2D eigenvalue weighted by Crippen LogP contribution is 2.31. The first-order valence-corrected chi connectivity index (χ1v) is 9.99. The van der Waals surface area contributed by atoms with Crippen molar-refractivity contribution in [3.05, 3.63) is 60.0 Å². The fraction of sp³-hybridized carbons (Fsp3) is 0.364. The van der Waals surface area contributed by atoms with Crippen LogP contribution in [0.25, 0.3) is 0 Å². The van der Waals surface area contributed by atoms with Crippen molar-refractivity contribution in [3.63, 3.8) is 0 Å². The fourth-order valence-corrected chi connectivity index (χ4v) is 2.85. The van der Waals surface area contributed by atoms with E-state index in [0.717, 1.165) is 18.4 Å². The van der Waals surface area contributed by atoms with Crippen LogP contribution in [0.5, 0.6) is 11.5 Å². The largest absolute Gasteiger partial charge is 0.493 e. The van der Waals surface area contributed by atoms with Crippen LogP contribution in [-0.2, 0) is 24.2 Å². The molecule has 0 aliphatic heterocycles. The molecule has 0 fully saturated rings. The van der Waals surface area contributed by atoms with Gasteiger partial charge in [0.1, 0.15) is 6.61 Å². The summed E-state index contributed by atoms with van der Waals surface area (Å²) in [6.07, 6.45) is 6.77. The summed E-state index contributed by atoms with van der Waals surface area (Å²) in [6, 6.07) is 9.08. The van der Waals surface area contributed by atoms with Crippen LogP contribution in [0.4, 0.5) is 5.69 Å². The maximum Gasteiger partial charge on any atom is 0.226 e. The van der Waals surface area contributed by atoms with Crippen molar-refractivity contribution in [2.45, 2.75) is 45.6 Å². The van der Waals surface area contributed by atoms with Gasteiger partial charge in [0.15, 0.2) is 17.3 Å². The lowest BCUT2D eigenvalue weighted by atomic mass is 10.2. The van der Waals surface area contributed by atoms with E-state index in [1.165, 1.54) is 0 Å². The Balaban J connectivity index is 1.51. The lowest BCUT2D eigenvalue weighted by Crippen LogP contribution is -2.11. The molecule has 0 aliphatic rings. The van der Waals surface area contributed by atoms with Crippen LogP contribution in [-0.4, -0.2) is 28.1 Å². The van der Waals surface area contributed by atoms with Crippen LogP contribution in [0, 0.1) is 0 Å². The molecule has 0 saturated heterocycles. The molecule has 0 saturated carbocycles. The highest BCUT2D eigenvalue weighted by molar-refractivity contribution is 5.91. The minimum Gasteiger partial charge on any atom is -0.493 e. The second-order valence-electron chi connectivity index (χ2n) is 6.77. The number of amides is 1. The SMILES string of the molecule is CCCc1noc(CCCC(=O)Nc2ccc(OC)c(OCc3cccnc3)c2)n1. The fourth-order valence-electron chi connectivity index (χ4n) is 2.85. The molecule has 0 aliphatic carbocycles. The molecule has 2 aromatic heterocycles. The van der Waals surface area contributed by atoms with E-state index < -0.39 is 0 Å². The first-order chi connectivity index (χ1) is 14.7. The van der Waals surface area contributed by atoms with Crippen molar-refractivity contribution in [2.75, 3.05) is 12.4 Å². The first-order valence-electron chi connectivity index (χ1n) is 9.99. The monoisotopic (exact) mass is 410 g/mol. The van der Waals surface area contributed by atoms with Gasteiger partial charge in [-0.25, -0.2) is 0 Å². The summed E-state index contributed by atoms with van der Waals surface area (Å²) in [5, 5.41) is 6.81. The Morgan fingerprint density at radius 3 is 2.87 bits per heavy atom. The van der Waals surface area contributed by atoms with Gasteiger partial charge < -0.3 is 19.3 Å². The van der Waals surface area contributed by atoms with Gasteiger partial charge in [-0.1, -0.05) is 18.1 Å². The highest BCUT2D eigenvalue weighted by atomic mass is 16.5. The van der Waals surface area contributed by atoms with Crippen LogP contribution >= 0.6 is 0 Å². The van der Waals surface area contributed by atoms with E-state index in [9.17, 15) is 4.79 Å². The van der Waals surface area contributed by atoms with Gasteiger partial charge in [0.25, 0.3) is 0 Å². The molecule has 1 amide bonds. The quantitative estimate of drug-likeness (QED) is 0.511. The van der Waals surface area contributed by atoms with E-state index in [1.54, 1.807) is 37.7 Å². The Morgan fingerprint density at radius 2 is 2.10 bits per heavy atom. The zero-order valence-electron chi connectivity index (χ0n) is 17.3. The summed E-state index contributed by atoms with van der Waals surface area (Å²) in [4.78, 5) is 20.7. The molecule has 0 bridgehead atoms. The molecule has 0 atom stereocenters. The minimum absolute atomic E-state index is 0.0910. The van der Waals surface area contributed by atoms with Gasteiger partial charge in [-0.05, 0) is 31.0 Å². The second-order valence-corrected chi connectivity index (χ2v) is 6.77. The zero-order chi connectivity index (χ0) is 21.2. The van der Waals surface area contributed by atoms with Gasteiger partial charge in [0, 0.05) is 49.0 Å². The maximum atomic E-state index is 12.3.